The summed E-state index contributed by atoms with van der Waals surface area (Å²) >= 11 is 9.40. The van der Waals surface area contributed by atoms with Gasteiger partial charge in [-0.25, -0.2) is 0 Å². The van der Waals surface area contributed by atoms with Crippen molar-refractivity contribution in [3.8, 4) is 40.2 Å². The first-order valence-electron chi connectivity index (χ1n) is 9.03. The zero-order chi connectivity index (χ0) is 20.9. The molecular formula is C24H15BrClO4. The minimum atomic E-state index is -0.358. The number of rotatable bonds is 6. The van der Waals surface area contributed by atoms with Crippen LogP contribution >= 0.6 is 27.5 Å². The van der Waals surface area contributed by atoms with Crippen LogP contribution in [0.15, 0.2) is 95.5 Å². The van der Waals surface area contributed by atoms with Crippen LogP contribution in [-0.4, -0.2) is 0 Å². The van der Waals surface area contributed by atoms with Crippen LogP contribution in [-0.2, 0) is 5.11 Å². The van der Waals surface area contributed by atoms with E-state index in [1.165, 1.54) is 6.07 Å². The lowest BCUT2D eigenvalue weighted by molar-refractivity contribution is 0.321. The Labute approximate surface area is 187 Å². The van der Waals surface area contributed by atoms with Gasteiger partial charge in [-0.1, -0.05) is 48.0 Å². The van der Waals surface area contributed by atoms with Crippen LogP contribution in [0.25, 0.3) is 0 Å². The summed E-state index contributed by atoms with van der Waals surface area (Å²) < 4.78 is 18.2. The molecular weight excluding hydrogens is 468 g/mol. The van der Waals surface area contributed by atoms with Gasteiger partial charge < -0.3 is 14.2 Å². The predicted octanol–water partition coefficient (Wildman–Crippen LogP) is 8.62. The molecule has 0 unspecified atom stereocenters. The largest absolute Gasteiger partial charge is 0.453 e. The second-order valence-electron chi connectivity index (χ2n) is 6.23. The highest BCUT2D eigenvalue weighted by Gasteiger charge is 2.23. The van der Waals surface area contributed by atoms with Crippen molar-refractivity contribution in [2.45, 2.75) is 0 Å². The van der Waals surface area contributed by atoms with E-state index < -0.39 is 0 Å². The van der Waals surface area contributed by atoms with Gasteiger partial charge in [-0.05, 0) is 64.5 Å². The molecule has 0 saturated heterocycles. The van der Waals surface area contributed by atoms with Crippen LogP contribution in [0.5, 0.6) is 40.2 Å². The zero-order valence-corrected chi connectivity index (χ0v) is 17.9. The second kappa shape index (κ2) is 9.11. The lowest BCUT2D eigenvalue weighted by Crippen LogP contribution is -1.95. The molecule has 4 rings (SSSR count). The van der Waals surface area contributed by atoms with E-state index in [4.69, 9.17) is 25.8 Å². The van der Waals surface area contributed by atoms with Gasteiger partial charge in [-0.15, -0.1) is 0 Å². The quantitative estimate of drug-likeness (QED) is 0.276. The Kier molecular flexibility index (Phi) is 6.12. The highest BCUT2D eigenvalue weighted by Crippen LogP contribution is 2.51. The highest BCUT2D eigenvalue weighted by molar-refractivity contribution is 9.10. The minimum Gasteiger partial charge on any atom is -0.453 e. The van der Waals surface area contributed by atoms with Crippen molar-refractivity contribution in [3.63, 3.8) is 0 Å². The molecule has 0 aliphatic carbocycles. The van der Waals surface area contributed by atoms with Crippen molar-refractivity contribution >= 4 is 27.5 Å². The lowest BCUT2D eigenvalue weighted by Gasteiger charge is -2.17. The zero-order valence-electron chi connectivity index (χ0n) is 15.5. The molecule has 4 aromatic rings. The molecule has 0 saturated carbocycles. The van der Waals surface area contributed by atoms with Crippen molar-refractivity contribution in [3.05, 3.63) is 100 Å². The number of hydrogen-bond donors (Lipinski definition) is 0. The third kappa shape index (κ3) is 4.70. The van der Waals surface area contributed by atoms with Gasteiger partial charge in [-0.2, -0.15) is 0 Å². The molecule has 0 aromatic heterocycles. The van der Waals surface area contributed by atoms with Gasteiger partial charge in [-0.3, -0.25) is 5.11 Å². The molecule has 4 nitrogen and oxygen atoms in total. The monoisotopic (exact) mass is 481 g/mol. The minimum absolute atomic E-state index is 0.0867. The first-order valence-corrected chi connectivity index (χ1v) is 10.2. The van der Waals surface area contributed by atoms with Crippen LogP contribution < -0.4 is 14.2 Å². The Morgan fingerprint density at radius 1 is 0.633 bits per heavy atom. The van der Waals surface area contributed by atoms with Crippen LogP contribution in [0.2, 0.25) is 5.02 Å². The summed E-state index contributed by atoms with van der Waals surface area (Å²) in [6, 6.07) is 26.5. The molecule has 149 valence electrons. The molecule has 0 amide bonds. The predicted molar refractivity (Wildman–Crippen MR) is 119 cm³/mol. The third-order valence-corrected chi connectivity index (χ3v) is 5.05. The molecule has 0 aliphatic rings. The van der Waals surface area contributed by atoms with Gasteiger partial charge >= 0.3 is 0 Å². The number of hydrogen-bond acceptors (Lipinski definition) is 3. The maximum atomic E-state index is 12.8. The average Bonchev–Trinajstić information content (AvgIpc) is 2.77. The van der Waals surface area contributed by atoms with Crippen LogP contribution in [0.4, 0.5) is 0 Å². The molecule has 0 aliphatic heterocycles. The first-order chi connectivity index (χ1) is 14.6. The van der Waals surface area contributed by atoms with Crippen molar-refractivity contribution in [2.75, 3.05) is 0 Å². The normalized spacial score (nSPS) is 10.5. The smallest absolute Gasteiger partial charge is 0.226 e. The highest BCUT2D eigenvalue weighted by atomic mass is 79.9. The molecule has 1 radical (unpaired) electrons. The maximum absolute atomic E-state index is 12.8. The summed E-state index contributed by atoms with van der Waals surface area (Å²) in [5.41, 5.74) is 0. The summed E-state index contributed by atoms with van der Waals surface area (Å²) in [6.45, 7) is 0. The summed E-state index contributed by atoms with van der Waals surface area (Å²) in [7, 11) is 0. The van der Waals surface area contributed by atoms with Crippen LogP contribution in [0, 0.1) is 0 Å². The molecule has 0 heterocycles. The Bertz CT molecular complexity index is 1130. The van der Waals surface area contributed by atoms with Gasteiger partial charge in [0.25, 0.3) is 0 Å². The molecule has 0 fully saturated rings. The van der Waals surface area contributed by atoms with Crippen LogP contribution in [0.3, 0.4) is 0 Å². The molecule has 0 atom stereocenters. The van der Waals surface area contributed by atoms with Gasteiger partial charge in [0, 0.05) is 11.1 Å². The van der Waals surface area contributed by atoms with E-state index in [1.807, 2.05) is 48.5 Å². The number of para-hydroxylation sites is 2. The second-order valence-corrected chi connectivity index (χ2v) is 7.46. The molecule has 30 heavy (non-hydrogen) atoms. The fourth-order valence-corrected chi connectivity index (χ4v) is 3.36. The molecule has 0 spiro atoms. The van der Waals surface area contributed by atoms with Gasteiger partial charge in [0.1, 0.15) is 21.7 Å². The maximum Gasteiger partial charge on any atom is 0.226 e. The molecule has 6 heteroatoms. The van der Waals surface area contributed by atoms with Crippen molar-refractivity contribution in [2.24, 2.45) is 0 Å². The Morgan fingerprint density at radius 2 is 1.13 bits per heavy atom. The van der Waals surface area contributed by atoms with Crippen LogP contribution in [0.1, 0.15) is 0 Å². The lowest BCUT2D eigenvalue weighted by atomic mass is 10.2. The Balaban J connectivity index is 1.76. The van der Waals surface area contributed by atoms with E-state index in [0.29, 0.717) is 32.5 Å². The van der Waals surface area contributed by atoms with Crippen molar-refractivity contribution in [1.29, 1.82) is 0 Å². The van der Waals surface area contributed by atoms with Gasteiger partial charge in [0.05, 0.1) is 0 Å². The topological polar surface area (TPSA) is 47.6 Å². The third-order valence-electron chi connectivity index (χ3n) is 4.08. The van der Waals surface area contributed by atoms with Crippen molar-refractivity contribution < 1.29 is 19.3 Å². The van der Waals surface area contributed by atoms with Gasteiger partial charge in [0.2, 0.25) is 5.75 Å². The summed E-state index contributed by atoms with van der Waals surface area (Å²) in [4.78, 5) is 0. The Morgan fingerprint density at radius 3 is 1.73 bits per heavy atom. The first kappa shape index (κ1) is 20.1. The van der Waals surface area contributed by atoms with Crippen molar-refractivity contribution in [1.82, 2.24) is 0 Å². The number of halogens is 2. The molecule has 0 bridgehead atoms. The van der Waals surface area contributed by atoms with E-state index in [2.05, 4.69) is 15.9 Å². The number of benzene rings is 4. The number of ether oxygens (including phenoxy) is 3. The molecule has 0 N–H and O–H groups in total. The van der Waals surface area contributed by atoms with E-state index in [1.54, 1.807) is 36.4 Å². The van der Waals surface area contributed by atoms with E-state index in [-0.39, 0.29) is 17.2 Å². The Hall–Kier alpha value is -3.15. The fourth-order valence-electron chi connectivity index (χ4n) is 2.68. The average molecular weight is 483 g/mol. The summed E-state index contributed by atoms with van der Waals surface area (Å²) in [5.74, 6) is 1.96. The van der Waals surface area contributed by atoms with E-state index >= 15 is 0 Å². The molecule has 4 aromatic carbocycles. The van der Waals surface area contributed by atoms with E-state index in [9.17, 15) is 5.11 Å². The fraction of sp³-hybridized carbons (Fsp3) is 0. The summed E-state index contributed by atoms with van der Waals surface area (Å²) in [6.07, 6.45) is 0. The summed E-state index contributed by atoms with van der Waals surface area (Å²) in [5, 5.41) is 13.4. The van der Waals surface area contributed by atoms with E-state index in [0.717, 1.165) is 0 Å². The standard InChI is InChI=1S/C24H15BrClO4/c25-22-23(29-19-13-11-16(26)12-14-19)20(27)15-21(28-17-7-3-1-4-8-17)24(22)30-18-9-5-2-6-10-18/h1-15H. The van der Waals surface area contributed by atoms with Gasteiger partial charge in [0.15, 0.2) is 17.2 Å². The SMILES string of the molecule is [O]c1cc(Oc2ccccc2)c(Oc2ccccc2)c(Br)c1Oc1ccc(Cl)cc1.